The van der Waals surface area contributed by atoms with E-state index in [2.05, 4.69) is 11.5 Å². The number of nitrogens with two attached hydrogens (primary N) is 2. The van der Waals surface area contributed by atoms with Crippen LogP contribution in [0.15, 0.2) is 0 Å². The SMILES string of the molecule is NC(N)(F)C(F)(F)C(F)(F)C(F)(F)C(F)(F)C(F)(F)CF. The number of halogens is 12. The Morgan fingerprint density at radius 1 is 0.524 bits per heavy atom. The van der Waals surface area contributed by atoms with Crippen LogP contribution in [0.3, 0.4) is 0 Å². The van der Waals surface area contributed by atoms with Gasteiger partial charge in [0.25, 0.3) is 5.92 Å². The van der Waals surface area contributed by atoms with E-state index in [0.29, 0.717) is 0 Å². The summed E-state index contributed by atoms with van der Waals surface area (Å²) < 4.78 is 150. The Morgan fingerprint density at radius 2 is 0.810 bits per heavy atom. The molecular weight excluding hydrogens is 340 g/mol. The monoisotopic (exact) mass is 346 g/mol. The lowest BCUT2D eigenvalue weighted by molar-refractivity contribution is -0.415. The maximum atomic E-state index is 12.8. The highest BCUT2D eigenvalue weighted by atomic mass is 19.4. The maximum absolute atomic E-state index is 12.8. The van der Waals surface area contributed by atoms with E-state index in [0.717, 1.165) is 0 Å². The summed E-state index contributed by atoms with van der Waals surface area (Å²) in [6.07, 6.45) is 0. The van der Waals surface area contributed by atoms with Gasteiger partial charge in [0, 0.05) is 0 Å². The number of alkyl halides is 12. The van der Waals surface area contributed by atoms with E-state index >= 15 is 0 Å². The van der Waals surface area contributed by atoms with Crippen LogP contribution in [-0.2, 0) is 0 Å². The molecule has 0 rings (SSSR count). The van der Waals surface area contributed by atoms with E-state index in [9.17, 15) is 52.7 Å². The first kappa shape index (κ1) is 20.1. The van der Waals surface area contributed by atoms with Crippen molar-refractivity contribution in [2.45, 2.75) is 35.5 Å². The van der Waals surface area contributed by atoms with Crippen molar-refractivity contribution < 1.29 is 52.7 Å². The molecule has 0 spiro atoms. The molecule has 0 aliphatic heterocycles. The van der Waals surface area contributed by atoms with Gasteiger partial charge in [0.05, 0.1) is 0 Å². The topological polar surface area (TPSA) is 52.0 Å². The van der Waals surface area contributed by atoms with Gasteiger partial charge >= 0.3 is 29.6 Å². The molecule has 128 valence electrons. The lowest BCUT2D eigenvalue weighted by Gasteiger charge is -2.40. The van der Waals surface area contributed by atoms with E-state index in [-0.39, 0.29) is 0 Å². The van der Waals surface area contributed by atoms with Gasteiger partial charge in [0.2, 0.25) is 0 Å². The Hall–Kier alpha value is -0.920. The summed E-state index contributed by atoms with van der Waals surface area (Å²) in [6, 6.07) is 0. The van der Waals surface area contributed by atoms with Crippen molar-refractivity contribution in [3.8, 4) is 0 Å². The van der Waals surface area contributed by atoms with Crippen LogP contribution >= 0.6 is 0 Å². The van der Waals surface area contributed by atoms with E-state index in [1.807, 2.05) is 0 Å². The van der Waals surface area contributed by atoms with Crippen molar-refractivity contribution in [2.75, 3.05) is 6.67 Å². The predicted octanol–water partition coefficient (Wildman–Crippen LogP) is 2.67. The minimum absolute atomic E-state index is 3.58. The van der Waals surface area contributed by atoms with Crippen LogP contribution in [0.5, 0.6) is 0 Å². The van der Waals surface area contributed by atoms with Gasteiger partial charge in [0.1, 0.15) is 0 Å². The van der Waals surface area contributed by atoms with Crippen LogP contribution in [0, 0.1) is 0 Å². The van der Waals surface area contributed by atoms with E-state index in [1.54, 1.807) is 0 Å². The number of hydrogen-bond acceptors (Lipinski definition) is 2. The van der Waals surface area contributed by atoms with E-state index in [1.165, 1.54) is 0 Å². The van der Waals surface area contributed by atoms with Gasteiger partial charge in [-0.3, -0.25) is 11.5 Å². The third kappa shape index (κ3) is 2.51. The van der Waals surface area contributed by atoms with Crippen LogP contribution in [0.4, 0.5) is 52.7 Å². The van der Waals surface area contributed by atoms with Crippen LogP contribution in [0.2, 0.25) is 0 Å². The van der Waals surface area contributed by atoms with Crippen molar-refractivity contribution in [1.29, 1.82) is 0 Å². The number of hydrogen-bond donors (Lipinski definition) is 2. The Morgan fingerprint density at radius 3 is 1.05 bits per heavy atom. The maximum Gasteiger partial charge on any atom is 0.384 e. The normalized spacial score (nSPS) is 16.3. The molecule has 0 aromatic heterocycles. The molecular formula is C7H6F12N2. The fourth-order valence-corrected chi connectivity index (χ4v) is 0.949. The molecule has 0 saturated carbocycles. The predicted molar refractivity (Wildman–Crippen MR) is 42.9 cm³/mol. The largest absolute Gasteiger partial charge is 0.384 e. The minimum atomic E-state index is -7.59. The molecule has 0 atom stereocenters. The molecule has 14 heteroatoms. The molecule has 0 heterocycles. The van der Waals surface area contributed by atoms with Gasteiger partial charge in [0.15, 0.2) is 6.67 Å². The van der Waals surface area contributed by atoms with Crippen molar-refractivity contribution in [1.82, 2.24) is 0 Å². The molecule has 0 saturated heterocycles. The highest BCUT2D eigenvalue weighted by Crippen LogP contribution is 2.58. The summed E-state index contributed by atoms with van der Waals surface area (Å²) in [5, 5.41) is 0. The molecule has 0 unspecified atom stereocenters. The molecule has 4 N–H and O–H groups in total. The first-order valence-electron chi connectivity index (χ1n) is 4.53. The molecule has 2 nitrogen and oxygen atoms in total. The summed E-state index contributed by atoms with van der Waals surface area (Å²) in [5.74, 6) is -41.2. The van der Waals surface area contributed by atoms with Crippen molar-refractivity contribution >= 4 is 0 Å². The first-order chi connectivity index (χ1) is 8.81. The zero-order valence-electron chi connectivity index (χ0n) is 9.40. The highest BCUT2D eigenvalue weighted by Gasteiger charge is 2.88. The summed E-state index contributed by atoms with van der Waals surface area (Å²) in [4.78, 5) is 0. The molecule has 0 aromatic carbocycles. The standard InChI is InChI=1S/C7H6F12N2/c8-1-2(9,10)3(11,12)4(13,14)5(15,16)6(17,18)7(19,20)21/h1,20-21H2. The quantitative estimate of drug-likeness (QED) is 0.441. The fraction of sp³-hybridized carbons (Fsp3) is 1.00. The smallest absolute Gasteiger partial charge is 0.281 e. The van der Waals surface area contributed by atoms with Crippen molar-refractivity contribution in [3.63, 3.8) is 0 Å². The summed E-state index contributed by atoms with van der Waals surface area (Å²) in [5.41, 5.74) is 7.24. The lowest BCUT2D eigenvalue weighted by atomic mass is 9.93. The van der Waals surface area contributed by atoms with Gasteiger partial charge in [-0.25, -0.2) is 8.78 Å². The molecule has 0 aliphatic rings. The third-order valence-corrected chi connectivity index (χ3v) is 2.29. The van der Waals surface area contributed by atoms with E-state index < -0.39 is 42.2 Å². The van der Waals surface area contributed by atoms with Crippen LogP contribution in [0.25, 0.3) is 0 Å². The fourth-order valence-electron chi connectivity index (χ4n) is 0.949. The summed E-state index contributed by atoms with van der Waals surface area (Å²) in [7, 11) is 0. The van der Waals surface area contributed by atoms with Gasteiger partial charge < -0.3 is 0 Å². The molecule has 0 fully saturated rings. The second-order valence-electron chi connectivity index (χ2n) is 3.90. The zero-order chi connectivity index (χ0) is 17.7. The van der Waals surface area contributed by atoms with E-state index in [4.69, 9.17) is 0 Å². The molecule has 21 heavy (non-hydrogen) atoms. The van der Waals surface area contributed by atoms with Gasteiger partial charge in [-0.1, -0.05) is 0 Å². The highest BCUT2D eigenvalue weighted by molar-refractivity contribution is 5.11. The Balaban J connectivity index is 6.14. The first-order valence-corrected chi connectivity index (χ1v) is 4.53. The average molecular weight is 346 g/mol. The molecule has 0 aromatic rings. The summed E-state index contributed by atoms with van der Waals surface area (Å²) in [6.45, 7) is -3.58. The van der Waals surface area contributed by atoms with Gasteiger partial charge in [-0.15, -0.1) is 0 Å². The van der Waals surface area contributed by atoms with Crippen molar-refractivity contribution in [2.24, 2.45) is 11.5 Å². The second-order valence-corrected chi connectivity index (χ2v) is 3.90. The third-order valence-electron chi connectivity index (χ3n) is 2.29. The molecule has 0 bridgehead atoms. The lowest BCUT2D eigenvalue weighted by Crippen LogP contribution is -2.75. The molecule has 0 aliphatic carbocycles. The Bertz CT molecular complexity index is 384. The van der Waals surface area contributed by atoms with Gasteiger partial charge in [-0.2, -0.15) is 43.9 Å². The van der Waals surface area contributed by atoms with Crippen molar-refractivity contribution in [3.05, 3.63) is 0 Å². The minimum Gasteiger partial charge on any atom is -0.281 e. The summed E-state index contributed by atoms with van der Waals surface area (Å²) >= 11 is 0. The van der Waals surface area contributed by atoms with Gasteiger partial charge in [-0.05, 0) is 0 Å². The zero-order valence-corrected chi connectivity index (χ0v) is 9.40. The average Bonchev–Trinajstić information content (AvgIpc) is 2.26. The number of rotatable bonds is 6. The van der Waals surface area contributed by atoms with Crippen LogP contribution < -0.4 is 11.5 Å². The van der Waals surface area contributed by atoms with Crippen LogP contribution in [-0.4, -0.2) is 42.2 Å². The molecule has 0 radical (unpaired) electrons. The van der Waals surface area contributed by atoms with Crippen LogP contribution in [0.1, 0.15) is 0 Å². The molecule has 0 amide bonds. The second kappa shape index (κ2) is 4.79. The Labute approximate surface area is 108 Å². The Kier molecular flexibility index (Phi) is 4.58.